The molecule has 23 heavy (non-hydrogen) atoms. The van der Waals surface area contributed by atoms with Crippen molar-refractivity contribution < 1.29 is 14.3 Å². The van der Waals surface area contributed by atoms with Gasteiger partial charge in [-0.1, -0.05) is 37.3 Å². The number of benzene rings is 2. The van der Waals surface area contributed by atoms with E-state index in [9.17, 15) is 4.79 Å². The molecule has 122 valence electrons. The first-order valence-corrected chi connectivity index (χ1v) is 7.52. The normalized spacial score (nSPS) is 11.4. The Labute approximate surface area is 136 Å². The lowest BCUT2D eigenvalue weighted by Crippen LogP contribution is -2.32. The highest BCUT2D eigenvalue weighted by Crippen LogP contribution is 2.29. The number of anilines is 1. The molecule has 0 saturated carbocycles. The molecule has 0 fully saturated rings. The number of ether oxygens (including phenoxy) is 2. The summed E-state index contributed by atoms with van der Waals surface area (Å²) in [5, 5.41) is 5.79. The summed E-state index contributed by atoms with van der Waals surface area (Å²) < 4.78 is 10.4. The van der Waals surface area contributed by atoms with Crippen molar-refractivity contribution in [1.29, 1.82) is 0 Å². The van der Waals surface area contributed by atoms with Gasteiger partial charge in [0.15, 0.2) is 0 Å². The molecule has 1 atom stereocenters. The SMILES string of the molecule is CCC(NC(=O)Nc1ccc(OC)cc1OC)c1ccccc1. The molecular formula is C18H22N2O3. The summed E-state index contributed by atoms with van der Waals surface area (Å²) in [6.45, 7) is 2.03. The summed E-state index contributed by atoms with van der Waals surface area (Å²) in [6.07, 6.45) is 0.803. The van der Waals surface area contributed by atoms with Crippen LogP contribution in [0.1, 0.15) is 24.9 Å². The summed E-state index contributed by atoms with van der Waals surface area (Å²) in [4.78, 5) is 12.3. The van der Waals surface area contributed by atoms with Crippen LogP contribution in [0.4, 0.5) is 10.5 Å². The van der Waals surface area contributed by atoms with Gasteiger partial charge in [-0.15, -0.1) is 0 Å². The van der Waals surface area contributed by atoms with Crippen molar-refractivity contribution in [3.05, 3.63) is 54.1 Å². The van der Waals surface area contributed by atoms with Crippen molar-refractivity contribution in [2.24, 2.45) is 0 Å². The average Bonchev–Trinajstić information content (AvgIpc) is 2.60. The Morgan fingerprint density at radius 3 is 2.43 bits per heavy atom. The molecule has 5 nitrogen and oxygen atoms in total. The van der Waals surface area contributed by atoms with Gasteiger partial charge in [0.1, 0.15) is 11.5 Å². The number of rotatable bonds is 6. The molecule has 2 amide bonds. The molecule has 0 radical (unpaired) electrons. The van der Waals surface area contributed by atoms with Crippen LogP contribution in [0.25, 0.3) is 0 Å². The Bertz CT molecular complexity index is 644. The monoisotopic (exact) mass is 314 g/mol. The first-order valence-electron chi connectivity index (χ1n) is 7.52. The number of nitrogens with one attached hydrogen (secondary N) is 2. The third kappa shape index (κ3) is 4.39. The Hall–Kier alpha value is -2.69. The molecular weight excluding hydrogens is 292 g/mol. The van der Waals surface area contributed by atoms with Gasteiger partial charge in [0.2, 0.25) is 0 Å². The van der Waals surface area contributed by atoms with E-state index < -0.39 is 0 Å². The standard InChI is InChI=1S/C18H22N2O3/c1-4-15(13-8-6-5-7-9-13)19-18(21)20-16-11-10-14(22-2)12-17(16)23-3/h5-12,15H,4H2,1-3H3,(H2,19,20,21). The van der Waals surface area contributed by atoms with Gasteiger partial charge < -0.3 is 20.1 Å². The molecule has 0 aliphatic heterocycles. The lowest BCUT2D eigenvalue weighted by Gasteiger charge is -2.18. The van der Waals surface area contributed by atoms with Crippen LogP contribution in [0, 0.1) is 0 Å². The van der Waals surface area contributed by atoms with Gasteiger partial charge in [-0.05, 0) is 24.1 Å². The van der Waals surface area contributed by atoms with Crippen molar-refractivity contribution in [2.45, 2.75) is 19.4 Å². The lowest BCUT2D eigenvalue weighted by atomic mass is 10.1. The van der Waals surface area contributed by atoms with Gasteiger partial charge in [-0.3, -0.25) is 0 Å². The Morgan fingerprint density at radius 1 is 1.09 bits per heavy atom. The van der Waals surface area contributed by atoms with Crippen molar-refractivity contribution >= 4 is 11.7 Å². The van der Waals surface area contributed by atoms with E-state index in [2.05, 4.69) is 10.6 Å². The van der Waals surface area contributed by atoms with Crippen molar-refractivity contribution in [3.8, 4) is 11.5 Å². The van der Waals surface area contributed by atoms with Gasteiger partial charge in [0.05, 0.1) is 25.9 Å². The minimum atomic E-state index is -0.274. The number of carbonyl (C=O) groups is 1. The fraction of sp³-hybridized carbons (Fsp3) is 0.278. The van der Waals surface area contributed by atoms with Crippen molar-refractivity contribution in [2.75, 3.05) is 19.5 Å². The summed E-state index contributed by atoms with van der Waals surface area (Å²) in [5.74, 6) is 1.22. The summed E-state index contributed by atoms with van der Waals surface area (Å²) in [5.41, 5.74) is 1.67. The first kappa shape index (κ1) is 16.7. The van der Waals surface area contributed by atoms with Crippen LogP contribution < -0.4 is 20.1 Å². The van der Waals surface area contributed by atoms with Crippen molar-refractivity contribution in [3.63, 3.8) is 0 Å². The van der Waals surface area contributed by atoms with Crippen LogP contribution >= 0.6 is 0 Å². The molecule has 0 aliphatic carbocycles. The van der Waals surface area contributed by atoms with E-state index in [1.54, 1.807) is 32.4 Å². The lowest BCUT2D eigenvalue weighted by molar-refractivity contribution is 0.248. The molecule has 0 saturated heterocycles. The zero-order chi connectivity index (χ0) is 16.7. The van der Waals surface area contributed by atoms with E-state index in [1.165, 1.54) is 0 Å². The van der Waals surface area contributed by atoms with Crippen molar-refractivity contribution in [1.82, 2.24) is 5.32 Å². The van der Waals surface area contributed by atoms with Gasteiger partial charge in [0.25, 0.3) is 0 Å². The third-order valence-corrected chi connectivity index (χ3v) is 3.57. The van der Waals surface area contributed by atoms with E-state index in [4.69, 9.17) is 9.47 Å². The quantitative estimate of drug-likeness (QED) is 0.848. The maximum atomic E-state index is 12.3. The molecule has 0 aromatic heterocycles. The molecule has 0 spiro atoms. The number of hydrogen-bond acceptors (Lipinski definition) is 3. The van der Waals surface area contributed by atoms with Crippen LogP contribution in [0.15, 0.2) is 48.5 Å². The molecule has 0 heterocycles. The highest BCUT2D eigenvalue weighted by molar-refractivity contribution is 5.91. The minimum absolute atomic E-state index is 0.0413. The predicted octanol–water partition coefficient (Wildman–Crippen LogP) is 3.98. The van der Waals surface area contributed by atoms with Gasteiger partial charge in [0, 0.05) is 6.07 Å². The minimum Gasteiger partial charge on any atom is -0.497 e. The Morgan fingerprint density at radius 2 is 1.83 bits per heavy atom. The van der Waals surface area contributed by atoms with Crippen LogP contribution in [0.3, 0.4) is 0 Å². The highest BCUT2D eigenvalue weighted by Gasteiger charge is 2.14. The zero-order valence-corrected chi connectivity index (χ0v) is 13.6. The molecule has 1 unspecified atom stereocenters. The average molecular weight is 314 g/mol. The second-order valence-corrected chi connectivity index (χ2v) is 5.04. The maximum Gasteiger partial charge on any atom is 0.319 e. The molecule has 2 aromatic rings. The fourth-order valence-electron chi connectivity index (χ4n) is 2.32. The highest BCUT2D eigenvalue weighted by atomic mass is 16.5. The molecule has 2 aromatic carbocycles. The molecule has 0 aliphatic rings. The number of methoxy groups -OCH3 is 2. The number of urea groups is 1. The number of hydrogen-bond donors (Lipinski definition) is 2. The van der Waals surface area contributed by atoms with Gasteiger partial charge >= 0.3 is 6.03 Å². The van der Waals surface area contributed by atoms with Crippen LogP contribution in [-0.4, -0.2) is 20.3 Å². The molecule has 0 bridgehead atoms. The number of amides is 2. The largest absolute Gasteiger partial charge is 0.497 e. The van der Waals surface area contributed by atoms with E-state index in [-0.39, 0.29) is 12.1 Å². The van der Waals surface area contributed by atoms with Crippen LogP contribution in [0.2, 0.25) is 0 Å². The maximum absolute atomic E-state index is 12.3. The number of carbonyl (C=O) groups excluding carboxylic acids is 1. The Kier molecular flexibility index (Phi) is 5.86. The summed E-state index contributed by atoms with van der Waals surface area (Å²) in [7, 11) is 3.14. The molecule has 2 rings (SSSR count). The predicted molar refractivity (Wildman–Crippen MR) is 91.2 cm³/mol. The van der Waals surface area contributed by atoms with E-state index >= 15 is 0 Å². The second-order valence-electron chi connectivity index (χ2n) is 5.04. The van der Waals surface area contributed by atoms with Gasteiger partial charge in [-0.25, -0.2) is 4.79 Å². The fourth-order valence-corrected chi connectivity index (χ4v) is 2.32. The van der Waals surface area contributed by atoms with Crippen LogP contribution in [-0.2, 0) is 0 Å². The topological polar surface area (TPSA) is 59.6 Å². The van der Waals surface area contributed by atoms with E-state index in [0.29, 0.717) is 17.2 Å². The summed E-state index contributed by atoms with van der Waals surface area (Å²) in [6, 6.07) is 14.8. The Balaban J connectivity index is 2.07. The second kappa shape index (κ2) is 8.08. The summed E-state index contributed by atoms with van der Waals surface area (Å²) >= 11 is 0. The smallest absolute Gasteiger partial charge is 0.319 e. The van der Waals surface area contributed by atoms with E-state index in [1.807, 2.05) is 37.3 Å². The zero-order valence-electron chi connectivity index (χ0n) is 13.6. The third-order valence-electron chi connectivity index (χ3n) is 3.57. The van der Waals surface area contributed by atoms with E-state index in [0.717, 1.165) is 12.0 Å². The van der Waals surface area contributed by atoms with Gasteiger partial charge in [-0.2, -0.15) is 0 Å². The molecule has 5 heteroatoms. The molecule has 2 N–H and O–H groups in total. The van der Waals surface area contributed by atoms with Crippen LogP contribution in [0.5, 0.6) is 11.5 Å². The first-order chi connectivity index (χ1) is 11.2.